The van der Waals surface area contributed by atoms with Gasteiger partial charge in [0.05, 0.1) is 16.6 Å². The topological polar surface area (TPSA) is 40.6 Å². The van der Waals surface area contributed by atoms with Crippen LogP contribution >= 0.6 is 11.6 Å². The van der Waals surface area contributed by atoms with Gasteiger partial charge in [0.25, 0.3) is 5.91 Å². The highest BCUT2D eigenvalue weighted by atomic mass is 35.5. The van der Waals surface area contributed by atoms with E-state index in [4.69, 9.17) is 11.6 Å². The maximum atomic E-state index is 13.1. The van der Waals surface area contributed by atoms with Crippen LogP contribution in [-0.4, -0.2) is 47.3 Å². The van der Waals surface area contributed by atoms with E-state index >= 15 is 0 Å². The average molecular weight is 363 g/mol. The molecule has 1 aromatic rings. The summed E-state index contributed by atoms with van der Waals surface area (Å²) in [5, 5.41) is 0.474. The number of hydrogen-bond acceptors (Lipinski definition) is 2. The molecule has 1 heterocycles. The van der Waals surface area contributed by atoms with Gasteiger partial charge >= 0.3 is 0 Å². The van der Waals surface area contributed by atoms with E-state index in [2.05, 4.69) is 13.8 Å². The van der Waals surface area contributed by atoms with Crippen molar-refractivity contribution in [2.75, 3.05) is 19.6 Å². The van der Waals surface area contributed by atoms with Crippen LogP contribution in [0.3, 0.4) is 0 Å². The maximum Gasteiger partial charge on any atom is 0.255 e. The van der Waals surface area contributed by atoms with Crippen molar-refractivity contribution in [3.63, 3.8) is 0 Å². The first-order valence-electron chi connectivity index (χ1n) is 9.21. The molecule has 1 aromatic carbocycles. The van der Waals surface area contributed by atoms with Crippen molar-refractivity contribution < 1.29 is 9.59 Å². The van der Waals surface area contributed by atoms with Crippen molar-refractivity contribution >= 4 is 23.4 Å². The lowest BCUT2D eigenvalue weighted by Crippen LogP contribution is -2.48. The predicted molar refractivity (Wildman–Crippen MR) is 99.8 cm³/mol. The van der Waals surface area contributed by atoms with Gasteiger partial charge in [-0.1, -0.05) is 37.1 Å². The molecule has 3 rings (SSSR count). The summed E-state index contributed by atoms with van der Waals surface area (Å²) in [5.74, 6) is 1.07. The number of halogens is 1. The Morgan fingerprint density at radius 3 is 2.68 bits per heavy atom. The lowest BCUT2D eigenvalue weighted by Gasteiger charge is -2.35. The summed E-state index contributed by atoms with van der Waals surface area (Å²) in [6.45, 7) is 8.10. The summed E-state index contributed by atoms with van der Waals surface area (Å²) in [4.78, 5) is 29.6. The minimum atomic E-state index is -0.0691. The Morgan fingerprint density at radius 2 is 2.04 bits per heavy atom. The number of carbonyl (C=O) groups excluding carboxylic acids is 2. The molecule has 1 saturated carbocycles. The zero-order valence-electron chi connectivity index (χ0n) is 15.3. The third kappa shape index (κ3) is 4.17. The van der Waals surface area contributed by atoms with Crippen LogP contribution in [-0.2, 0) is 4.79 Å². The molecule has 1 atom stereocenters. The summed E-state index contributed by atoms with van der Waals surface area (Å²) in [7, 11) is 0. The molecule has 136 valence electrons. The standard InChI is InChI=1S/C20H27ClN2O2/c1-13(2)18-12-22(9-8-19(24)23(18)11-15-5-6-15)20(25)16-10-14(3)4-7-17(16)21/h4,7,10,13,15,18H,5-6,8-9,11-12H2,1-3H3. The first-order chi connectivity index (χ1) is 11.9. The van der Waals surface area contributed by atoms with E-state index in [1.807, 2.05) is 28.9 Å². The highest BCUT2D eigenvalue weighted by molar-refractivity contribution is 6.33. The van der Waals surface area contributed by atoms with Crippen molar-refractivity contribution in [2.24, 2.45) is 11.8 Å². The zero-order chi connectivity index (χ0) is 18.1. The number of benzene rings is 1. The molecule has 0 radical (unpaired) electrons. The summed E-state index contributed by atoms with van der Waals surface area (Å²) in [6, 6.07) is 5.58. The van der Waals surface area contributed by atoms with Crippen molar-refractivity contribution in [3.05, 3.63) is 34.3 Å². The maximum absolute atomic E-state index is 13.1. The molecule has 4 nitrogen and oxygen atoms in total. The smallest absolute Gasteiger partial charge is 0.255 e. The zero-order valence-corrected chi connectivity index (χ0v) is 16.1. The number of amides is 2. The molecule has 1 saturated heterocycles. The second kappa shape index (κ2) is 7.36. The molecule has 1 aliphatic heterocycles. The quantitative estimate of drug-likeness (QED) is 0.818. The van der Waals surface area contributed by atoms with Crippen LogP contribution in [0.1, 0.15) is 49.0 Å². The molecule has 1 unspecified atom stereocenters. The Hall–Kier alpha value is -1.55. The van der Waals surface area contributed by atoms with Gasteiger partial charge in [-0.15, -0.1) is 0 Å². The molecule has 0 N–H and O–H groups in total. The Morgan fingerprint density at radius 1 is 1.32 bits per heavy atom. The highest BCUT2D eigenvalue weighted by Crippen LogP contribution is 2.32. The molecule has 0 spiro atoms. The van der Waals surface area contributed by atoms with Crippen LogP contribution in [0.5, 0.6) is 0 Å². The predicted octanol–water partition coefficient (Wildman–Crippen LogP) is 3.76. The number of aryl methyl sites for hydroxylation is 1. The van der Waals surface area contributed by atoms with Gasteiger partial charge in [0.1, 0.15) is 0 Å². The van der Waals surface area contributed by atoms with Crippen molar-refractivity contribution in [2.45, 2.75) is 46.1 Å². The number of hydrogen-bond donors (Lipinski definition) is 0. The van der Waals surface area contributed by atoms with Gasteiger partial charge in [-0.2, -0.15) is 0 Å². The van der Waals surface area contributed by atoms with E-state index in [-0.39, 0.29) is 17.9 Å². The first kappa shape index (κ1) is 18.2. The summed E-state index contributed by atoms with van der Waals surface area (Å²) in [5.41, 5.74) is 1.54. The van der Waals surface area contributed by atoms with E-state index in [9.17, 15) is 9.59 Å². The minimum absolute atomic E-state index is 0.0691. The molecule has 1 aliphatic carbocycles. The fourth-order valence-corrected chi connectivity index (χ4v) is 3.72. The Kier molecular flexibility index (Phi) is 5.38. The largest absolute Gasteiger partial charge is 0.337 e. The monoisotopic (exact) mass is 362 g/mol. The minimum Gasteiger partial charge on any atom is -0.337 e. The Bertz CT molecular complexity index is 670. The first-order valence-corrected chi connectivity index (χ1v) is 9.59. The van der Waals surface area contributed by atoms with Gasteiger partial charge in [0.2, 0.25) is 5.91 Å². The average Bonchev–Trinajstić information content (AvgIpc) is 3.39. The van der Waals surface area contributed by atoms with E-state index < -0.39 is 0 Å². The van der Waals surface area contributed by atoms with Crippen LogP contribution < -0.4 is 0 Å². The fourth-order valence-electron chi connectivity index (χ4n) is 3.52. The highest BCUT2D eigenvalue weighted by Gasteiger charge is 2.37. The molecular weight excluding hydrogens is 336 g/mol. The van der Waals surface area contributed by atoms with Crippen LogP contribution in [0, 0.1) is 18.8 Å². The van der Waals surface area contributed by atoms with Crippen molar-refractivity contribution in [1.29, 1.82) is 0 Å². The van der Waals surface area contributed by atoms with Crippen LogP contribution in [0.25, 0.3) is 0 Å². The van der Waals surface area contributed by atoms with Crippen LogP contribution in [0.2, 0.25) is 5.02 Å². The van der Waals surface area contributed by atoms with Crippen LogP contribution in [0.4, 0.5) is 0 Å². The fraction of sp³-hybridized carbons (Fsp3) is 0.600. The van der Waals surface area contributed by atoms with Crippen molar-refractivity contribution in [3.8, 4) is 0 Å². The lowest BCUT2D eigenvalue weighted by molar-refractivity contribution is -0.133. The number of rotatable bonds is 4. The molecule has 0 aromatic heterocycles. The molecule has 25 heavy (non-hydrogen) atoms. The molecule has 5 heteroatoms. The molecule has 2 amide bonds. The van der Waals surface area contributed by atoms with Gasteiger partial charge in [0.15, 0.2) is 0 Å². The molecule has 2 aliphatic rings. The second-order valence-electron chi connectivity index (χ2n) is 7.79. The van der Waals surface area contributed by atoms with Crippen molar-refractivity contribution in [1.82, 2.24) is 9.80 Å². The number of nitrogens with zero attached hydrogens (tertiary/aromatic N) is 2. The van der Waals surface area contributed by atoms with Gasteiger partial charge in [0, 0.05) is 26.1 Å². The van der Waals surface area contributed by atoms with Crippen LogP contribution in [0.15, 0.2) is 18.2 Å². The summed E-state index contributed by atoms with van der Waals surface area (Å²) < 4.78 is 0. The SMILES string of the molecule is Cc1ccc(Cl)c(C(=O)N2CCC(=O)N(CC3CC3)C(C(C)C)C2)c1. The van der Waals surface area contributed by atoms with Gasteiger partial charge < -0.3 is 9.80 Å². The van der Waals surface area contributed by atoms with Gasteiger partial charge in [-0.05, 0) is 43.7 Å². The Balaban J connectivity index is 1.83. The number of carbonyl (C=O) groups is 2. The lowest BCUT2D eigenvalue weighted by atomic mass is 10.0. The summed E-state index contributed by atoms with van der Waals surface area (Å²) in [6.07, 6.45) is 2.83. The third-order valence-electron chi connectivity index (χ3n) is 5.28. The molecule has 2 fully saturated rings. The van der Waals surface area contributed by atoms with E-state index in [1.54, 1.807) is 6.07 Å². The second-order valence-corrected chi connectivity index (χ2v) is 8.19. The van der Waals surface area contributed by atoms with E-state index in [0.717, 1.165) is 12.1 Å². The normalized spacial score (nSPS) is 21.6. The Labute approximate surface area is 155 Å². The third-order valence-corrected chi connectivity index (χ3v) is 5.61. The molecule has 0 bridgehead atoms. The summed E-state index contributed by atoms with van der Waals surface area (Å²) >= 11 is 6.26. The van der Waals surface area contributed by atoms with Gasteiger partial charge in [-0.3, -0.25) is 9.59 Å². The van der Waals surface area contributed by atoms with E-state index in [0.29, 0.717) is 41.9 Å². The van der Waals surface area contributed by atoms with Gasteiger partial charge in [-0.25, -0.2) is 0 Å². The van der Waals surface area contributed by atoms with E-state index in [1.165, 1.54) is 12.8 Å². The molecular formula is C20H27ClN2O2.